The van der Waals surface area contributed by atoms with Crippen molar-refractivity contribution in [1.82, 2.24) is 24.5 Å². The fourth-order valence-electron chi connectivity index (χ4n) is 3.45. The molecule has 1 amide bonds. The molecule has 2 heterocycles. The van der Waals surface area contributed by atoms with E-state index in [0.29, 0.717) is 10.9 Å². The Balaban J connectivity index is 1.46. The zero-order valence-electron chi connectivity index (χ0n) is 15.9. The second-order valence-electron chi connectivity index (χ2n) is 7.15. The van der Waals surface area contributed by atoms with Gasteiger partial charge in [0.05, 0.1) is 0 Å². The van der Waals surface area contributed by atoms with Crippen molar-refractivity contribution in [2.75, 3.05) is 0 Å². The first kappa shape index (κ1) is 19.6. The molecule has 1 N–H and O–H groups in total. The van der Waals surface area contributed by atoms with Crippen LogP contribution < -0.4 is 11.0 Å². The summed E-state index contributed by atoms with van der Waals surface area (Å²) < 4.78 is 15.5. The van der Waals surface area contributed by atoms with Crippen molar-refractivity contribution in [1.29, 1.82) is 0 Å². The van der Waals surface area contributed by atoms with Gasteiger partial charge in [-0.05, 0) is 30.5 Å². The molecule has 0 saturated heterocycles. The Bertz CT molecular complexity index is 1060. The maximum atomic E-state index is 13.0. The molecule has 7 nitrogen and oxygen atoms in total. The Hall–Kier alpha value is -2.68. The van der Waals surface area contributed by atoms with Crippen molar-refractivity contribution < 1.29 is 9.18 Å². The van der Waals surface area contributed by atoms with E-state index in [-0.39, 0.29) is 30.5 Å². The molecule has 1 saturated carbocycles. The molecular formula is C20H22FN5O2S. The fraction of sp³-hybridized carbons (Fsp3) is 0.400. The van der Waals surface area contributed by atoms with Crippen molar-refractivity contribution in [2.45, 2.75) is 55.5 Å². The molecule has 1 aliphatic rings. The van der Waals surface area contributed by atoms with Crippen molar-refractivity contribution in [3.63, 3.8) is 0 Å². The van der Waals surface area contributed by atoms with Crippen LogP contribution in [0.5, 0.6) is 0 Å². The molecule has 0 radical (unpaired) electrons. The van der Waals surface area contributed by atoms with Gasteiger partial charge in [-0.1, -0.05) is 43.2 Å². The van der Waals surface area contributed by atoms with Gasteiger partial charge in [-0.2, -0.15) is 0 Å². The third-order valence-corrected chi connectivity index (χ3v) is 6.31. The van der Waals surface area contributed by atoms with Crippen LogP contribution in [0.15, 0.2) is 46.5 Å². The molecule has 3 aromatic rings. The minimum Gasteiger partial charge on any atom is -0.350 e. The van der Waals surface area contributed by atoms with E-state index in [1.807, 2.05) is 0 Å². The Morgan fingerprint density at radius 3 is 2.72 bits per heavy atom. The number of halogens is 1. The third kappa shape index (κ3) is 4.67. The van der Waals surface area contributed by atoms with Crippen molar-refractivity contribution in [3.8, 4) is 0 Å². The van der Waals surface area contributed by atoms with Gasteiger partial charge < -0.3 is 5.32 Å². The van der Waals surface area contributed by atoms with Gasteiger partial charge in [0.15, 0.2) is 5.65 Å². The average Bonchev–Trinajstić information content (AvgIpc) is 3.05. The molecule has 0 atom stereocenters. The van der Waals surface area contributed by atoms with Crippen molar-refractivity contribution in [2.24, 2.45) is 0 Å². The number of carbonyl (C=O) groups excluding carboxylic acids is 1. The smallest absolute Gasteiger partial charge is 0.350 e. The van der Waals surface area contributed by atoms with Crippen LogP contribution in [0.25, 0.3) is 5.65 Å². The fourth-order valence-corrected chi connectivity index (χ4v) is 4.70. The highest BCUT2D eigenvalue weighted by molar-refractivity contribution is 8.00. The second kappa shape index (κ2) is 8.77. The molecule has 0 spiro atoms. The largest absolute Gasteiger partial charge is 0.350 e. The van der Waals surface area contributed by atoms with Crippen molar-refractivity contribution >= 4 is 23.3 Å². The van der Waals surface area contributed by atoms with Crippen LogP contribution in [0.4, 0.5) is 4.39 Å². The van der Waals surface area contributed by atoms with Crippen LogP contribution in [0.3, 0.4) is 0 Å². The predicted molar refractivity (Wildman–Crippen MR) is 108 cm³/mol. The quantitative estimate of drug-likeness (QED) is 0.670. The van der Waals surface area contributed by atoms with E-state index in [1.165, 1.54) is 35.8 Å². The van der Waals surface area contributed by atoms with E-state index in [1.54, 1.807) is 36.3 Å². The SMILES string of the molecule is O=C(Cn1nc2c(SC3CCCCC3)nccn2c1=O)NCc1ccc(F)cc1. The first-order valence-electron chi connectivity index (χ1n) is 9.72. The number of fused-ring (bicyclic) bond motifs is 1. The molecule has 152 valence electrons. The number of nitrogens with zero attached hydrogens (tertiary/aromatic N) is 4. The van der Waals surface area contributed by atoms with Crippen LogP contribution in [0.2, 0.25) is 0 Å². The average molecular weight is 415 g/mol. The zero-order chi connectivity index (χ0) is 20.2. The lowest BCUT2D eigenvalue weighted by atomic mass is 10.0. The van der Waals surface area contributed by atoms with Crippen LogP contribution in [0, 0.1) is 5.82 Å². The molecule has 1 aliphatic carbocycles. The van der Waals surface area contributed by atoms with Crippen LogP contribution in [0.1, 0.15) is 37.7 Å². The summed E-state index contributed by atoms with van der Waals surface area (Å²) >= 11 is 1.67. The molecule has 0 aliphatic heterocycles. The molecule has 2 aromatic heterocycles. The Morgan fingerprint density at radius 1 is 1.21 bits per heavy atom. The number of thioether (sulfide) groups is 1. The first-order chi connectivity index (χ1) is 14.1. The van der Waals surface area contributed by atoms with Gasteiger partial charge in [-0.3, -0.25) is 4.79 Å². The molecule has 29 heavy (non-hydrogen) atoms. The van der Waals surface area contributed by atoms with E-state index in [4.69, 9.17) is 0 Å². The molecule has 1 aromatic carbocycles. The topological polar surface area (TPSA) is 81.3 Å². The lowest BCUT2D eigenvalue weighted by Crippen LogP contribution is -2.32. The van der Waals surface area contributed by atoms with Crippen LogP contribution in [-0.2, 0) is 17.9 Å². The summed E-state index contributed by atoms with van der Waals surface area (Å²) in [5.41, 5.74) is 0.890. The van der Waals surface area contributed by atoms with Gasteiger partial charge in [-0.15, -0.1) is 5.10 Å². The highest BCUT2D eigenvalue weighted by atomic mass is 32.2. The number of benzene rings is 1. The Morgan fingerprint density at radius 2 is 1.97 bits per heavy atom. The lowest BCUT2D eigenvalue weighted by molar-refractivity contribution is -0.122. The standard InChI is InChI=1S/C20H22FN5O2S/c21-15-8-6-14(7-9-15)12-23-17(27)13-26-20(28)25-11-10-22-19(18(25)24-26)29-16-4-2-1-3-5-16/h6-11,16H,1-5,12-13H2,(H,23,27). The summed E-state index contributed by atoms with van der Waals surface area (Å²) in [6.07, 6.45) is 9.17. The molecule has 9 heteroatoms. The number of rotatable bonds is 6. The second-order valence-corrected chi connectivity index (χ2v) is 8.44. The van der Waals surface area contributed by atoms with Crippen LogP contribution >= 0.6 is 11.8 Å². The summed E-state index contributed by atoms with van der Waals surface area (Å²) in [6.45, 7) is 0.0703. The van der Waals surface area contributed by atoms with Gasteiger partial charge in [0.2, 0.25) is 5.91 Å². The third-order valence-electron chi connectivity index (χ3n) is 5.00. The normalized spacial score (nSPS) is 14.9. The molecule has 1 fully saturated rings. The van der Waals surface area contributed by atoms with E-state index < -0.39 is 0 Å². The number of aromatic nitrogens is 4. The lowest BCUT2D eigenvalue weighted by Gasteiger charge is -2.20. The maximum Gasteiger partial charge on any atom is 0.350 e. The Kier molecular flexibility index (Phi) is 5.94. The van der Waals surface area contributed by atoms with Crippen molar-refractivity contribution in [3.05, 3.63) is 58.5 Å². The number of hydrogen-bond acceptors (Lipinski definition) is 5. The minimum absolute atomic E-state index is 0.185. The maximum absolute atomic E-state index is 13.0. The van der Waals surface area contributed by atoms with Gasteiger partial charge >= 0.3 is 5.69 Å². The molecular weight excluding hydrogens is 393 g/mol. The highest BCUT2D eigenvalue weighted by Gasteiger charge is 2.19. The highest BCUT2D eigenvalue weighted by Crippen LogP contribution is 2.33. The van der Waals surface area contributed by atoms with Crippen LogP contribution in [-0.4, -0.2) is 30.3 Å². The summed E-state index contributed by atoms with van der Waals surface area (Å²) in [5.74, 6) is -0.666. The zero-order valence-corrected chi connectivity index (χ0v) is 16.7. The monoisotopic (exact) mass is 415 g/mol. The molecule has 0 bridgehead atoms. The first-order valence-corrected chi connectivity index (χ1v) is 10.6. The Labute approximate surface area is 171 Å². The van der Waals surface area contributed by atoms with E-state index >= 15 is 0 Å². The number of amides is 1. The van der Waals surface area contributed by atoms with E-state index in [2.05, 4.69) is 15.4 Å². The van der Waals surface area contributed by atoms with Gasteiger partial charge in [0.25, 0.3) is 0 Å². The van der Waals surface area contributed by atoms with Gasteiger partial charge in [0.1, 0.15) is 17.4 Å². The summed E-state index contributed by atoms with van der Waals surface area (Å²) in [4.78, 5) is 29.3. The number of hydrogen-bond donors (Lipinski definition) is 1. The minimum atomic E-state index is -0.371. The molecule has 4 rings (SSSR count). The van der Waals surface area contributed by atoms with Gasteiger partial charge in [-0.25, -0.2) is 23.3 Å². The number of nitrogens with one attached hydrogen (secondary N) is 1. The number of carbonyl (C=O) groups is 1. The molecule has 0 unspecified atom stereocenters. The predicted octanol–water partition coefficient (Wildman–Crippen LogP) is 2.77. The summed E-state index contributed by atoms with van der Waals surface area (Å²) in [6, 6.07) is 5.89. The van der Waals surface area contributed by atoms with E-state index in [9.17, 15) is 14.0 Å². The summed E-state index contributed by atoms with van der Waals surface area (Å²) in [5, 5.41) is 8.30. The summed E-state index contributed by atoms with van der Waals surface area (Å²) in [7, 11) is 0. The van der Waals surface area contributed by atoms with Gasteiger partial charge in [0, 0.05) is 24.2 Å². The van der Waals surface area contributed by atoms with E-state index in [0.717, 1.165) is 28.1 Å².